The molecule has 0 saturated carbocycles. The van der Waals surface area contributed by atoms with Gasteiger partial charge in [-0.15, -0.1) is 0 Å². The van der Waals surface area contributed by atoms with Crippen LogP contribution in [-0.4, -0.2) is 31.8 Å². The summed E-state index contributed by atoms with van der Waals surface area (Å²) in [4.78, 5) is 16.2. The highest BCUT2D eigenvalue weighted by atomic mass is 32.2. The standard InChI is InChI=1S/C22H20N2O4S/c1-5-28-22(25)21-20(18(23-2)14-24(21)3)16-12-10-15(11-13-16)17-8-6-7-9-19(17)29(4,26)27/h6-14H,5H2,1,3-4H3. The van der Waals surface area contributed by atoms with E-state index in [1.54, 1.807) is 73.3 Å². The quantitative estimate of drug-likeness (QED) is 0.461. The van der Waals surface area contributed by atoms with Crippen LogP contribution in [0.4, 0.5) is 5.69 Å². The molecule has 0 amide bonds. The number of hydrogen-bond acceptors (Lipinski definition) is 4. The lowest BCUT2D eigenvalue weighted by atomic mass is 9.99. The fourth-order valence-corrected chi connectivity index (χ4v) is 4.18. The third-order valence-corrected chi connectivity index (χ3v) is 5.68. The van der Waals surface area contributed by atoms with Gasteiger partial charge in [-0.3, -0.25) is 0 Å². The molecule has 6 nitrogen and oxygen atoms in total. The summed E-state index contributed by atoms with van der Waals surface area (Å²) in [6, 6.07) is 13.9. The summed E-state index contributed by atoms with van der Waals surface area (Å²) in [5.41, 5.74) is 3.17. The van der Waals surface area contributed by atoms with Crippen molar-refractivity contribution in [3.05, 3.63) is 71.8 Å². The van der Waals surface area contributed by atoms with Crippen LogP contribution in [0.25, 0.3) is 27.1 Å². The number of hydrogen-bond donors (Lipinski definition) is 0. The fourth-order valence-electron chi connectivity index (χ4n) is 3.27. The molecule has 2 aromatic carbocycles. The Labute approximate surface area is 170 Å². The molecule has 0 unspecified atom stereocenters. The van der Waals surface area contributed by atoms with Gasteiger partial charge in [0.25, 0.3) is 0 Å². The lowest BCUT2D eigenvalue weighted by molar-refractivity contribution is 0.0516. The van der Waals surface area contributed by atoms with E-state index in [-0.39, 0.29) is 11.5 Å². The largest absolute Gasteiger partial charge is 0.461 e. The van der Waals surface area contributed by atoms with Crippen LogP contribution in [0.5, 0.6) is 0 Å². The molecule has 0 saturated heterocycles. The average Bonchev–Trinajstić information content (AvgIpc) is 3.04. The molecule has 0 radical (unpaired) electrons. The topological polar surface area (TPSA) is 69.7 Å². The van der Waals surface area contributed by atoms with E-state index >= 15 is 0 Å². The summed E-state index contributed by atoms with van der Waals surface area (Å²) < 4.78 is 30.9. The van der Waals surface area contributed by atoms with E-state index in [1.807, 2.05) is 0 Å². The zero-order chi connectivity index (χ0) is 21.2. The predicted molar refractivity (Wildman–Crippen MR) is 112 cm³/mol. The molecule has 0 aliphatic carbocycles. The van der Waals surface area contributed by atoms with E-state index in [2.05, 4.69) is 4.85 Å². The Bertz CT molecular complexity index is 1220. The van der Waals surface area contributed by atoms with Crippen molar-refractivity contribution in [2.24, 2.45) is 7.05 Å². The molecule has 0 aliphatic heterocycles. The summed E-state index contributed by atoms with van der Waals surface area (Å²) in [7, 11) is -1.68. The molecule has 0 spiro atoms. The van der Waals surface area contributed by atoms with Crippen molar-refractivity contribution in [1.29, 1.82) is 0 Å². The van der Waals surface area contributed by atoms with Gasteiger partial charge in [0.1, 0.15) is 5.69 Å². The maximum Gasteiger partial charge on any atom is 0.354 e. The van der Waals surface area contributed by atoms with Crippen LogP contribution in [0.3, 0.4) is 0 Å². The van der Waals surface area contributed by atoms with Crippen LogP contribution in [0.1, 0.15) is 17.4 Å². The van der Waals surface area contributed by atoms with Gasteiger partial charge in [-0.25, -0.2) is 18.1 Å². The third kappa shape index (κ3) is 3.93. The molecule has 29 heavy (non-hydrogen) atoms. The first kappa shape index (κ1) is 20.4. The number of sulfone groups is 1. The van der Waals surface area contributed by atoms with Gasteiger partial charge < -0.3 is 9.30 Å². The van der Waals surface area contributed by atoms with Crippen LogP contribution >= 0.6 is 0 Å². The smallest absolute Gasteiger partial charge is 0.354 e. The van der Waals surface area contributed by atoms with Gasteiger partial charge in [0.05, 0.1) is 18.1 Å². The summed E-state index contributed by atoms with van der Waals surface area (Å²) in [6.07, 6.45) is 2.78. The summed E-state index contributed by atoms with van der Waals surface area (Å²) in [5.74, 6) is -0.494. The van der Waals surface area contributed by atoms with Crippen LogP contribution < -0.4 is 0 Å². The van der Waals surface area contributed by atoms with Gasteiger partial charge >= 0.3 is 5.97 Å². The molecular weight excluding hydrogens is 388 g/mol. The van der Waals surface area contributed by atoms with Crippen molar-refractivity contribution in [2.45, 2.75) is 11.8 Å². The number of carbonyl (C=O) groups is 1. The normalized spacial score (nSPS) is 11.1. The second-order valence-electron chi connectivity index (χ2n) is 6.53. The van der Waals surface area contributed by atoms with E-state index < -0.39 is 15.8 Å². The molecule has 1 aromatic heterocycles. The molecule has 0 fully saturated rings. The van der Waals surface area contributed by atoms with Crippen LogP contribution in [0.2, 0.25) is 0 Å². The second-order valence-corrected chi connectivity index (χ2v) is 8.51. The Hall–Kier alpha value is -3.37. The average molecular weight is 408 g/mol. The molecule has 0 N–H and O–H groups in total. The molecular formula is C22H20N2O4S. The van der Waals surface area contributed by atoms with E-state index in [1.165, 1.54) is 6.26 Å². The first-order valence-corrected chi connectivity index (χ1v) is 10.8. The Morgan fingerprint density at radius 2 is 1.72 bits per heavy atom. The van der Waals surface area contributed by atoms with Crippen molar-refractivity contribution in [1.82, 2.24) is 4.57 Å². The lowest BCUT2D eigenvalue weighted by Gasteiger charge is -2.11. The molecule has 0 bridgehead atoms. The molecule has 148 valence electrons. The van der Waals surface area contributed by atoms with E-state index in [4.69, 9.17) is 11.3 Å². The fraction of sp³-hybridized carbons (Fsp3) is 0.182. The second kappa shape index (κ2) is 7.94. The van der Waals surface area contributed by atoms with Gasteiger partial charge in [0.2, 0.25) is 5.69 Å². The van der Waals surface area contributed by atoms with Crippen LogP contribution in [0.15, 0.2) is 59.6 Å². The highest BCUT2D eigenvalue weighted by Crippen LogP contribution is 2.37. The van der Waals surface area contributed by atoms with E-state index in [0.29, 0.717) is 28.1 Å². The number of rotatable bonds is 5. The molecule has 3 rings (SSSR count). The Morgan fingerprint density at radius 3 is 2.31 bits per heavy atom. The molecule has 0 aliphatic rings. The van der Waals surface area contributed by atoms with Crippen LogP contribution in [-0.2, 0) is 21.6 Å². The maximum absolute atomic E-state index is 12.4. The molecule has 7 heteroatoms. The number of ether oxygens (including phenoxy) is 1. The SMILES string of the molecule is [C-]#[N+]c1cn(C)c(C(=O)OCC)c1-c1ccc(-c2ccccc2S(C)(=O)=O)cc1. The van der Waals surface area contributed by atoms with Gasteiger partial charge in [0, 0.05) is 30.6 Å². The first-order valence-electron chi connectivity index (χ1n) is 8.91. The summed E-state index contributed by atoms with van der Waals surface area (Å²) in [6.45, 7) is 9.41. The monoisotopic (exact) mass is 408 g/mol. The number of nitrogens with zero attached hydrogens (tertiary/aromatic N) is 2. The lowest BCUT2D eigenvalue weighted by Crippen LogP contribution is -2.10. The van der Waals surface area contributed by atoms with E-state index in [0.717, 1.165) is 5.56 Å². The predicted octanol–water partition coefficient (Wildman–Crippen LogP) is 4.49. The minimum Gasteiger partial charge on any atom is -0.461 e. The number of carbonyl (C=O) groups excluding carboxylic acids is 1. The highest BCUT2D eigenvalue weighted by Gasteiger charge is 2.23. The molecule has 1 heterocycles. The minimum absolute atomic E-state index is 0.234. The first-order chi connectivity index (χ1) is 13.8. The number of esters is 1. The Morgan fingerprint density at radius 1 is 1.10 bits per heavy atom. The molecule has 3 aromatic rings. The maximum atomic E-state index is 12.4. The summed E-state index contributed by atoms with van der Waals surface area (Å²) in [5, 5.41) is 0. The number of benzene rings is 2. The van der Waals surface area contributed by atoms with E-state index in [9.17, 15) is 13.2 Å². The van der Waals surface area contributed by atoms with Crippen molar-refractivity contribution in [3.63, 3.8) is 0 Å². The number of aryl methyl sites for hydroxylation is 1. The van der Waals surface area contributed by atoms with Gasteiger partial charge in [0.15, 0.2) is 9.84 Å². The van der Waals surface area contributed by atoms with Crippen molar-refractivity contribution < 1.29 is 17.9 Å². The Kier molecular flexibility index (Phi) is 5.57. The van der Waals surface area contributed by atoms with Gasteiger partial charge in [-0.1, -0.05) is 42.5 Å². The third-order valence-electron chi connectivity index (χ3n) is 4.52. The zero-order valence-corrected chi connectivity index (χ0v) is 17.2. The van der Waals surface area contributed by atoms with Crippen molar-refractivity contribution >= 4 is 21.5 Å². The zero-order valence-electron chi connectivity index (χ0n) is 16.3. The summed E-state index contributed by atoms with van der Waals surface area (Å²) >= 11 is 0. The van der Waals surface area contributed by atoms with Crippen LogP contribution in [0, 0.1) is 6.57 Å². The minimum atomic E-state index is -3.38. The van der Waals surface area contributed by atoms with Crippen molar-refractivity contribution in [2.75, 3.05) is 12.9 Å². The highest BCUT2D eigenvalue weighted by molar-refractivity contribution is 7.90. The number of aromatic nitrogens is 1. The Balaban J connectivity index is 2.12. The van der Waals surface area contributed by atoms with Gasteiger partial charge in [-0.2, -0.15) is 0 Å². The molecule has 0 atom stereocenters. The van der Waals surface area contributed by atoms with Gasteiger partial charge in [-0.05, 0) is 24.1 Å². The van der Waals surface area contributed by atoms with Crippen molar-refractivity contribution in [3.8, 4) is 22.3 Å².